The topological polar surface area (TPSA) is 20.2 Å². The van der Waals surface area contributed by atoms with Gasteiger partial charge in [0.2, 0.25) is 0 Å². The van der Waals surface area contributed by atoms with Crippen molar-refractivity contribution in [3.8, 4) is 0 Å². The normalized spacial score (nSPS) is 45.4. The Balaban J connectivity index is 2.35. The lowest BCUT2D eigenvalue weighted by Crippen LogP contribution is -2.50. The molecule has 18 heavy (non-hydrogen) atoms. The van der Waals surface area contributed by atoms with Crippen LogP contribution in [0, 0.1) is 22.2 Å². The number of aliphatic hydroxyl groups excluding tert-OH is 1. The molecule has 3 unspecified atom stereocenters. The summed E-state index contributed by atoms with van der Waals surface area (Å²) < 4.78 is 0. The summed E-state index contributed by atoms with van der Waals surface area (Å²) in [6.45, 7) is 14.2. The molecule has 0 aromatic carbocycles. The van der Waals surface area contributed by atoms with E-state index in [0.717, 1.165) is 12.3 Å². The van der Waals surface area contributed by atoms with Gasteiger partial charge in [0.25, 0.3) is 0 Å². The minimum atomic E-state index is -0.228. The molecule has 2 aliphatic rings. The Bertz CT molecular complexity index is 362. The van der Waals surface area contributed by atoms with Crippen molar-refractivity contribution in [1.29, 1.82) is 0 Å². The van der Waals surface area contributed by atoms with E-state index in [1.165, 1.54) is 24.8 Å². The van der Waals surface area contributed by atoms with E-state index in [4.69, 9.17) is 0 Å². The zero-order valence-corrected chi connectivity index (χ0v) is 13.0. The molecule has 0 heterocycles. The van der Waals surface area contributed by atoms with Crippen molar-refractivity contribution in [3.63, 3.8) is 0 Å². The van der Waals surface area contributed by atoms with Crippen LogP contribution in [-0.2, 0) is 0 Å². The fourth-order valence-corrected chi connectivity index (χ4v) is 4.31. The molecule has 2 aliphatic carbocycles. The zero-order chi connectivity index (χ0) is 13.8. The van der Waals surface area contributed by atoms with Gasteiger partial charge >= 0.3 is 0 Å². The summed E-state index contributed by atoms with van der Waals surface area (Å²) in [7, 11) is 0. The SMILES string of the molecule is CC1=CC(O)C[C@@]2(C)CCC(C(C)(C)C)CC12C. The Hall–Kier alpha value is -0.300. The molecule has 0 radical (unpaired) electrons. The molecule has 1 N–H and O–H groups in total. The minimum Gasteiger partial charge on any atom is -0.389 e. The highest BCUT2D eigenvalue weighted by molar-refractivity contribution is 5.24. The van der Waals surface area contributed by atoms with Crippen LogP contribution < -0.4 is 0 Å². The number of rotatable bonds is 0. The van der Waals surface area contributed by atoms with Gasteiger partial charge in [-0.3, -0.25) is 0 Å². The predicted octanol–water partition coefficient (Wildman–Crippen LogP) is 4.56. The van der Waals surface area contributed by atoms with E-state index in [0.29, 0.717) is 5.41 Å². The quantitative estimate of drug-likeness (QED) is 0.625. The van der Waals surface area contributed by atoms with Crippen LogP contribution in [0.5, 0.6) is 0 Å². The molecule has 0 amide bonds. The van der Waals surface area contributed by atoms with Crippen LogP contribution in [0.2, 0.25) is 0 Å². The maximum atomic E-state index is 10.0. The number of hydrogen-bond acceptors (Lipinski definition) is 1. The summed E-state index contributed by atoms with van der Waals surface area (Å²) in [5.74, 6) is 0.800. The molecule has 1 saturated carbocycles. The summed E-state index contributed by atoms with van der Waals surface area (Å²) in [5, 5.41) is 10.0. The van der Waals surface area contributed by atoms with Crippen LogP contribution in [0.4, 0.5) is 0 Å². The van der Waals surface area contributed by atoms with Crippen LogP contribution >= 0.6 is 0 Å². The van der Waals surface area contributed by atoms with E-state index >= 15 is 0 Å². The van der Waals surface area contributed by atoms with Crippen LogP contribution in [0.15, 0.2) is 11.6 Å². The van der Waals surface area contributed by atoms with E-state index in [2.05, 4.69) is 47.6 Å². The van der Waals surface area contributed by atoms with E-state index in [9.17, 15) is 5.11 Å². The summed E-state index contributed by atoms with van der Waals surface area (Å²) in [6, 6.07) is 0. The van der Waals surface area contributed by atoms with E-state index in [1.807, 2.05) is 0 Å². The largest absolute Gasteiger partial charge is 0.389 e. The molecule has 2 rings (SSSR count). The number of hydrogen-bond donors (Lipinski definition) is 1. The van der Waals surface area contributed by atoms with E-state index < -0.39 is 0 Å². The molecule has 0 saturated heterocycles. The third kappa shape index (κ3) is 2.05. The summed E-state index contributed by atoms with van der Waals surface area (Å²) in [5.41, 5.74) is 2.38. The molecule has 0 aromatic rings. The fraction of sp³-hybridized carbons (Fsp3) is 0.882. The number of fused-ring (bicyclic) bond motifs is 1. The first-order valence-electron chi connectivity index (χ1n) is 7.45. The van der Waals surface area contributed by atoms with Crippen molar-refractivity contribution in [1.82, 2.24) is 0 Å². The Morgan fingerprint density at radius 2 is 1.83 bits per heavy atom. The summed E-state index contributed by atoms with van der Waals surface area (Å²) >= 11 is 0. The second kappa shape index (κ2) is 4.10. The third-order valence-corrected chi connectivity index (χ3v) is 6.23. The molecular weight excluding hydrogens is 220 g/mol. The molecular formula is C17H30O. The zero-order valence-electron chi connectivity index (χ0n) is 13.0. The van der Waals surface area contributed by atoms with Crippen LogP contribution in [0.25, 0.3) is 0 Å². The van der Waals surface area contributed by atoms with Crippen LogP contribution in [0.3, 0.4) is 0 Å². The maximum absolute atomic E-state index is 10.0. The average molecular weight is 250 g/mol. The van der Waals surface area contributed by atoms with Gasteiger partial charge in [0.1, 0.15) is 0 Å². The lowest BCUT2D eigenvalue weighted by atomic mass is 9.47. The lowest BCUT2D eigenvalue weighted by Gasteiger charge is -2.58. The Morgan fingerprint density at radius 3 is 2.39 bits per heavy atom. The van der Waals surface area contributed by atoms with Crippen molar-refractivity contribution >= 4 is 0 Å². The van der Waals surface area contributed by atoms with Crippen molar-refractivity contribution in [2.75, 3.05) is 0 Å². The number of allylic oxidation sites excluding steroid dienone is 1. The fourth-order valence-electron chi connectivity index (χ4n) is 4.31. The first-order chi connectivity index (χ1) is 8.08. The molecule has 0 aromatic heterocycles. The summed E-state index contributed by atoms with van der Waals surface area (Å²) in [4.78, 5) is 0. The second-order valence-corrected chi connectivity index (χ2v) is 8.32. The molecule has 0 aliphatic heterocycles. The maximum Gasteiger partial charge on any atom is 0.0729 e. The highest BCUT2D eigenvalue weighted by Gasteiger charge is 2.53. The third-order valence-electron chi connectivity index (χ3n) is 6.23. The van der Waals surface area contributed by atoms with Gasteiger partial charge in [0.05, 0.1) is 6.10 Å². The highest BCUT2D eigenvalue weighted by Crippen LogP contribution is 2.62. The van der Waals surface area contributed by atoms with Crippen molar-refractivity contribution in [2.24, 2.45) is 22.2 Å². The van der Waals surface area contributed by atoms with Gasteiger partial charge in [0, 0.05) is 0 Å². The smallest absolute Gasteiger partial charge is 0.0729 e. The van der Waals surface area contributed by atoms with Gasteiger partial charge in [0.15, 0.2) is 0 Å². The highest BCUT2D eigenvalue weighted by atomic mass is 16.3. The van der Waals surface area contributed by atoms with Crippen LogP contribution in [0.1, 0.15) is 67.2 Å². The van der Waals surface area contributed by atoms with Gasteiger partial charge in [-0.2, -0.15) is 0 Å². The minimum absolute atomic E-state index is 0.228. The molecule has 1 heteroatoms. The Morgan fingerprint density at radius 1 is 1.22 bits per heavy atom. The van der Waals surface area contributed by atoms with Gasteiger partial charge < -0.3 is 5.11 Å². The van der Waals surface area contributed by atoms with Gasteiger partial charge in [-0.15, -0.1) is 0 Å². The second-order valence-electron chi connectivity index (χ2n) is 8.32. The summed E-state index contributed by atoms with van der Waals surface area (Å²) in [6.07, 6.45) is 6.67. The van der Waals surface area contributed by atoms with Gasteiger partial charge in [-0.05, 0) is 54.8 Å². The lowest BCUT2D eigenvalue weighted by molar-refractivity contribution is -0.0480. The monoisotopic (exact) mass is 250 g/mol. The van der Waals surface area contributed by atoms with Crippen LogP contribution in [-0.4, -0.2) is 11.2 Å². The molecule has 4 atom stereocenters. The molecule has 1 nitrogen and oxygen atoms in total. The van der Waals surface area contributed by atoms with Crippen molar-refractivity contribution < 1.29 is 5.11 Å². The standard InChI is InChI=1S/C17H30O/c1-12-9-14(18)11-16(5)8-7-13(15(2,3)4)10-17(12,16)6/h9,13-14,18H,7-8,10-11H2,1-6H3/t13?,14?,16-,17?/m1/s1. The molecule has 0 spiro atoms. The van der Waals surface area contributed by atoms with E-state index in [1.54, 1.807) is 0 Å². The first kappa shape index (κ1) is 14.1. The molecule has 1 fully saturated rings. The van der Waals surface area contributed by atoms with E-state index in [-0.39, 0.29) is 16.9 Å². The molecule has 0 bridgehead atoms. The number of aliphatic hydroxyl groups is 1. The van der Waals surface area contributed by atoms with Crippen molar-refractivity contribution in [3.05, 3.63) is 11.6 Å². The average Bonchev–Trinajstić information content (AvgIpc) is 2.18. The first-order valence-corrected chi connectivity index (χ1v) is 7.45. The Labute approximate surface area is 113 Å². The van der Waals surface area contributed by atoms with Gasteiger partial charge in [-0.25, -0.2) is 0 Å². The van der Waals surface area contributed by atoms with Gasteiger partial charge in [-0.1, -0.05) is 46.3 Å². The Kier molecular flexibility index (Phi) is 3.21. The predicted molar refractivity (Wildman–Crippen MR) is 77.4 cm³/mol. The molecule has 104 valence electrons. The van der Waals surface area contributed by atoms with Crippen molar-refractivity contribution in [2.45, 2.75) is 73.3 Å².